The minimum atomic E-state index is -0.453. The molecule has 5 heteroatoms. The number of carbonyl (C=O) groups is 1. The van der Waals surface area contributed by atoms with Crippen LogP contribution in [0.3, 0.4) is 0 Å². The SMILES string of the molecule is N#C/C(=C\c1ccc(-c2cccc(Cl)c2)o1)C(=O)NCc1cccc2ccccc12. The summed E-state index contributed by atoms with van der Waals surface area (Å²) in [6, 6.07) is 26.6. The van der Waals surface area contributed by atoms with Crippen molar-refractivity contribution in [1.29, 1.82) is 5.26 Å². The van der Waals surface area contributed by atoms with E-state index >= 15 is 0 Å². The number of rotatable bonds is 5. The maximum Gasteiger partial charge on any atom is 0.262 e. The first-order valence-electron chi connectivity index (χ1n) is 9.36. The molecule has 4 nitrogen and oxygen atoms in total. The third-order valence-electron chi connectivity index (χ3n) is 4.71. The molecule has 0 bridgehead atoms. The molecule has 0 radical (unpaired) electrons. The summed E-state index contributed by atoms with van der Waals surface area (Å²) in [7, 11) is 0. The molecule has 0 atom stereocenters. The first kappa shape index (κ1) is 19.5. The Balaban J connectivity index is 1.50. The van der Waals surface area contributed by atoms with Crippen molar-refractivity contribution in [2.45, 2.75) is 6.54 Å². The van der Waals surface area contributed by atoms with Crippen molar-refractivity contribution >= 4 is 34.4 Å². The van der Waals surface area contributed by atoms with Gasteiger partial charge in [-0.2, -0.15) is 5.26 Å². The monoisotopic (exact) mass is 412 g/mol. The second-order valence-corrected chi connectivity index (χ2v) is 7.14. The number of amides is 1. The molecule has 1 amide bonds. The smallest absolute Gasteiger partial charge is 0.262 e. The fourth-order valence-corrected chi connectivity index (χ4v) is 3.43. The van der Waals surface area contributed by atoms with Crippen LogP contribution in [-0.4, -0.2) is 5.91 Å². The molecule has 1 heterocycles. The molecular weight excluding hydrogens is 396 g/mol. The fraction of sp³-hybridized carbons (Fsp3) is 0.0400. The Morgan fingerprint density at radius 3 is 2.67 bits per heavy atom. The van der Waals surface area contributed by atoms with E-state index in [4.69, 9.17) is 16.0 Å². The molecule has 3 aromatic carbocycles. The Hall–Kier alpha value is -3.81. The topological polar surface area (TPSA) is 66.0 Å². The lowest BCUT2D eigenvalue weighted by Gasteiger charge is -2.08. The van der Waals surface area contributed by atoms with Gasteiger partial charge in [0, 0.05) is 23.2 Å². The largest absolute Gasteiger partial charge is 0.457 e. The lowest BCUT2D eigenvalue weighted by molar-refractivity contribution is -0.117. The molecule has 0 spiro atoms. The summed E-state index contributed by atoms with van der Waals surface area (Å²) in [5, 5.41) is 15.0. The molecule has 0 aliphatic heterocycles. The van der Waals surface area contributed by atoms with Gasteiger partial charge in [0.1, 0.15) is 23.2 Å². The zero-order valence-electron chi connectivity index (χ0n) is 15.9. The van der Waals surface area contributed by atoms with E-state index in [0.29, 0.717) is 23.1 Å². The molecule has 146 valence electrons. The molecule has 0 aliphatic carbocycles. The molecule has 30 heavy (non-hydrogen) atoms. The highest BCUT2D eigenvalue weighted by Crippen LogP contribution is 2.26. The van der Waals surface area contributed by atoms with E-state index in [0.717, 1.165) is 21.9 Å². The van der Waals surface area contributed by atoms with E-state index in [1.165, 1.54) is 6.08 Å². The van der Waals surface area contributed by atoms with Crippen molar-refractivity contribution in [1.82, 2.24) is 5.32 Å². The highest BCUT2D eigenvalue weighted by Gasteiger charge is 2.12. The second kappa shape index (κ2) is 8.69. The number of fused-ring (bicyclic) bond motifs is 1. The minimum absolute atomic E-state index is 0.0257. The van der Waals surface area contributed by atoms with Crippen LogP contribution >= 0.6 is 11.6 Å². The van der Waals surface area contributed by atoms with Crippen molar-refractivity contribution in [3.05, 3.63) is 101 Å². The summed E-state index contributed by atoms with van der Waals surface area (Å²) in [4.78, 5) is 12.5. The van der Waals surface area contributed by atoms with Gasteiger partial charge in [0.05, 0.1) is 0 Å². The van der Waals surface area contributed by atoms with Gasteiger partial charge in [-0.15, -0.1) is 0 Å². The fourth-order valence-electron chi connectivity index (χ4n) is 3.24. The van der Waals surface area contributed by atoms with Gasteiger partial charge in [-0.05, 0) is 40.6 Å². The van der Waals surface area contributed by atoms with E-state index in [2.05, 4.69) is 5.32 Å². The van der Waals surface area contributed by atoms with Crippen molar-refractivity contribution in [2.24, 2.45) is 0 Å². The zero-order chi connectivity index (χ0) is 20.9. The quantitative estimate of drug-likeness (QED) is 0.324. The van der Waals surface area contributed by atoms with Gasteiger partial charge in [0.2, 0.25) is 0 Å². The average molecular weight is 413 g/mol. The Bertz CT molecular complexity index is 1290. The Labute approximate surface area is 179 Å². The predicted molar refractivity (Wildman–Crippen MR) is 119 cm³/mol. The molecule has 1 N–H and O–H groups in total. The van der Waals surface area contributed by atoms with Crippen LogP contribution in [0, 0.1) is 11.3 Å². The Morgan fingerprint density at radius 1 is 1.03 bits per heavy atom. The summed E-state index contributed by atoms with van der Waals surface area (Å²) in [6.07, 6.45) is 1.44. The van der Waals surface area contributed by atoms with Gasteiger partial charge >= 0.3 is 0 Å². The van der Waals surface area contributed by atoms with Gasteiger partial charge in [-0.25, -0.2) is 0 Å². The maximum absolute atomic E-state index is 12.5. The standard InChI is InChI=1S/C25H17ClN2O2/c26-21-9-4-7-18(13-21)24-12-11-22(30-24)14-20(15-27)25(29)28-16-19-8-3-6-17-5-1-2-10-23(17)19/h1-14H,16H2,(H,28,29)/b20-14+. The molecule has 4 aromatic rings. The van der Waals surface area contributed by atoms with E-state index < -0.39 is 5.91 Å². The summed E-state index contributed by atoms with van der Waals surface area (Å²) in [6.45, 7) is 0.325. The highest BCUT2D eigenvalue weighted by atomic mass is 35.5. The highest BCUT2D eigenvalue weighted by molar-refractivity contribution is 6.30. The molecule has 0 fully saturated rings. The van der Waals surface area contributed by atoms with Crippen LogP contribution in [-0.2, 0) is 11.3 Å². The summed E-state index contributed by atoms with van der Waals surface area (Å²) < 4.78 is 5.76. The zero-order valence-corrected chi connectivity index (χ0v) is 16.7. The number of hydrogen-bond acceptors (Lipinski definition) is 3. The van der Waals surface area contributed by atoms with Gasteiger partial charge in [0.15, 0.2) is 0 Å². The van der Waals surface area contributed by atoms with Gasteiger partial charge < -0.3 is 9.73 Å². The van der Waals surface area contributed by atoms with Crippen molar-refractivity contribution < 1.29 is 9.21 Å². The molecule has 0 unspecified atom stereocenters. The van der Waals surface area contributed by atoms with Crippen LogP contribution in [0.15, 0.2) is 88.9 Å². The number of nitrogens with zero attached hydrogens (tertiary/aromatic N) is 1. The predicted octanol–water partition coefficient (Wildman–Crippen LogP) is 5.98. The number of nitrogens with one attached hydrogen (secondary N) is 1. The first-order chi connectivity index (χ1) is 14.6. The van der Waals surface area contributed by atoms with Crippen LogP contribution in [0.4, 0.5) is 0 Å². The number of halogens is 1. The normalized spacial score (nSPS) is 11.3. The number of carbonyl (C=O) groups excluding carboxylic acids is 1. The van der Waals surface area contributed by atoms with Crippen molar-refractivity contribution in [2.75, 3.05) is 0 Å². The maximum atomic E-state index is 12.5. The molecule has 0 aliphatic rings. The molecular formula is C25H17ClN2O2. The Morgan fingerprint density at radius 2 is 1.83 bits per heavy atom. The summed E-state index contributed by atoms with van der Waals surface area (Å²) in [5.74, 6) is 0.574. The third kappa shape index (κ3) is 4.27. The third-order valence-corrected chi connectivity index (χ3v) is 4.94. The minimum Gasteiger partial charge on any atom is -0.457 e. The second-order valence-electron chi connectivity index (χ2n) is 6.70. The van der Waals surface area contributed by atoms with Crippen molar-refractivity contribution in [3.63, 3.8) is 0 Å². The molecule has 0 saturated heterocycles. The number of benzene rings is 3. The van der Waals surface area contributed by atoms with Crippen LogP contribution in [0.5, 0.6) is 0 Å². The number of hydrogen-bond donors (Lipinski definition) is 1. The molecule has 1 aromatic heterocycles. The number of nitriles is 1. The first-order valence-corrected chi connectivity index (χ1v) is 9.74. The molecule has 4 rings (SSSR count). The van der Waals surface area contributed by atoms with Crippen LogP contribution < -0.4 is 5.32 Å². The van der Waals surface area contributed by atoms with E-state index in [9.17, 15) is 10.1 Å². The van der Waals surface area contributed by atoms with Gasteiger partial charge in [0.25, 0.3) is 5.91 Å². The summed E-state index contributed by atoms with van der Waals surface area (Å²) >= 11 is 6.02. The van der Waals surface area contributed by atoms with Gasteiger partial charge in [-0.1, -0.05) is 66.2 Å². The summed E-state index contributed by atoms with van der Waals surface area (Å²) in [5.41, 5.74) is 1.78. The lowest BCUT2D eigenvalue weighted by atomic mass is 10.0. The average Bonchev–Trinajstić information content (AvgIpc) is 3.24. The van der Waals surface area contributed by atoms with E-state index in [-0.39, 0.29) is 5.57 Å². The Kier molecular flexibility index (Phi) is 5.65. The molecule has 0 saturated carbocycles. The lowest BCUT2D eigenvalue weighted by Crippen LogP contribution is -2.24. The van der Waals surface area contributed by atoms with Crippen molar-refractivity contribution in [3.8, 4) is 17.4 Å². The van der Waals surface area contributed by atoms with Crippen LogP contribution in [0.1, 0.15) is 11.3 Å². The van der Waals surface area contributed by atoms with E-state index in [1.807, 2.05) is 60.7 Å². The van der Waals surface area contributed by atoms with E-state index in [1.54, 1.807) is 24.3 Å². The van der Waals surface area contributed by atoms with Crippen LogP contribution in [0.2, 0.25) is 5.02 Å². The van der Waals surface area contributed by atoms with Crippen LogP contribution in [0.25, 0.3) is 28.2 Å². The number of furan rings is 1. The van der Waals surface area contributed by atoms with Gasteiger partial charge in [-0.3, -0.25) is 4.79 Å².